The Bertz CT molecular complexity index is 790. The van der Waals surface area contributed by atoms with Gasteiger partial charge in [0.25, 0.3) is 0 Å². The van der Waals surface area contributed by atoms with Crippen LogP contribution in [0.5, 0.6) is 0 Å². The average Bonchev–Trinajstić information content (AvgIpc) is 3.00. The quantitative estimate of drug-likeness (QED) is 0.587. The van der Waals surface area contributed by atoms with Crippen LogP contribution in [0.1, 0.15) is 25.6 Å². The predicted octanol–water partition coefficient (Wildman–Crippen LogP) is 5.71. The molecule has 0 aliphatic rings. The highest BCUT2D eigenvalue weighted by Crippen LogP contribution is 2.35. The highest BCUT2D eigenvalue weighted by atomic mass is 79.9. The molecule has 4 nitrogen and oxygen atoms in total. The maximum absolute atomic E-state index is 4.51. The second-order valence-corrected chi connectivity index (χ2v) is 7.94. The molecule has 0 radical (unpaired) electrons. The van der Waals surface area contributed by atoms with Gasteiger partial charge in [-0.25, -0.2) is 9.97 Å². The second-order valence-electron chi connectivity index (χ2n) is 5.15. The molecule has 2 heterocycles. The van der Waals surface area contributed by atoms with Crippen molar-refractivity contribution in [3.8, 4) is 0 Å². The molecule has 0 aliphatic heterocycles. The summed E-state index contributed by atoms with van der Waals surface area (Å²) in [6.07, 6.45) is 1.78. The summed E-state index contributed by atoms with van der Waals surface area (Å²) >= 11 is 6.51. The van der Waals surface area contributed by atoms with Gasteiger partial charge in [0.1, 0.15) is 11.6 Å². The largest absolute Gasteiger partial charge is 0.314 e. The molecule has 0 bridgehead atoms. The van der Waals surface area contributed by atoms with Crippen molar-refractivity contribution in [2.45, 2.75) is 29.6 Å². The van der Waals surface area contributed by atoms with E-state index in [0.717, 1.165) is 31.0 Å². The number of nitrogens with one attached hydrogen (secondary N) is 1. The summed E-state index contributed by atoms with van der Waals surface area (Å²) in [5.41, 5.74) is 0. The average molecular weight is 407 g/mol. The first-order valence-corrected chi connectivity index (χ1v) is 9.49. The van der Waals surface area contributed by atoms with E-state index in [-0.39, 0.29) is 0 Å². The first-order valence-electron chi connectivity index (χ1n) is 7.11. The minimum atomic E-state index is 0.317. The number of benzene rings is 1. The molecule has 118 valence electrons. The molecule has 3 aromatic rings. The van der Waals surface area contributed by atoms with Gasteiger partial charge in [0.05, 0.1) is 4.90 Å². The maximum atomic E-state index is 4.51. The molecule has 0 atom stereocenters. The van der Waals surface area contributed by atoms with Gasteiger partial charge in [0.15, 0.2) is 0 Å². The van der Waals surface area contributed by atoms with Gasteiger partial charge in [-0.15, -0.1) is 0 Å². The summed E-state index contributed by atoms with van der Waals surface area (Å²) in [5, 5.41) is 4.05. The van der Waals surface area contributed by atoms with E-state index >= 15 is 0 Å². The summed E-state index contributed by atoms with van der Waals surface area (Å²) in [6, 6.07) is 12.3. The first-order chi connectivity index (χ1) is 11.1. The molecule has 0 saturated heterocycles. The first kappa shape index (κ1) is 16.4. The third-order valence-electron chi connectivity index (χ3n) is 2.97. The summed E-state index contributed by atoms with van der Waals surface area (Å²) in [7, 11) is 0. The summed E-state index contributed by atoms with van der Waals surface area (Å²) in [4.78, 5) is 11.2. The van der Waals surface area contributed by atoms with Gasteiger partial charge in [-0.05, 0) is 34.1 Å². The topological polar surface area (TPSA) is 50.7 Å². The van der Waals surface area contributed by atoms with Gasteiger partial charge in [-0.3, -0.25) is 0 Å². The van der Waals surface area contributed by atoms with Crippen LogP contribution in [0.2, 0.25) is 0 Å². The Balaban J connectivity index is 1.86. The van der Waals surface area contributed by atoms with E-state index in [4.69, 9.17) is 0 Å². The van der Waals surface area contributed by atoms with Crippen molar-refractivity contribution in [3.63, 3.8) is 0 Å². The molecule has 7 heteroatoms. The SMILES string of the molecule is CC(C)c1nsc(Nc2ncc(Br)cc2Sc2ccccc2)n1. The van der Waals surface area contributed by atoms with Crippen LogP contribution in [0.4, 0.5) is 10.9 Å². The van der Waals surface area contributed by atoms with E-state index < -0.39 is 0 Å². The molecule has 0 spiro atoms. The molecule has 1 aromatic carbocycles. The van der Waals surface area contributed by atoms with Crippen molar-refractivity contribution in [2.75, 3.05) is 5.32 Å². The van der Waals surface area contributed by atoms with E-state index in [2.05, 4.69) is 67.6 Å². The van der Waals surface area contributed by atoms with Crippen molar-refractivity contribution >= 4 is 50.2 Å². The van der Waals surface area contributed by atoms with Gasteiger partial charge in [-0.1, -0.05) is 43.8 Å². The van der Waals surface area contributed by atoms with Crippen LogP contribution in [-0.2, 0) is 0 Å². The zero-order valence-electron chi connectivity index (χ0n) is 12.7. The van der Waals surface area contributed by atoms with Crippen LogP contribution >= 0.6 is 39.2 Å². The maximum Gasteiger partial charge on any atom is 0.208 e. The van der Waals surface area contributed by atoms with Crippen LogP contribution in [0.15, 0.2) is 56.9 Å². The molecule has 0 amide bonds. The fourth-order valence-corrected chi connectivity index (χ4v) is 3.95. The van der Waals surface area contributed by atoms with E-state index in [1.807, 2.05) is 18.2 Å². The number of pyridine rings is 1. The summed E-state index contributed by atoms with van der Waals surface area (Å²) in [5.74, 6) is 1.96. The molecule has 0 saturated carbocycles. The number of aromatic nitrogens is 3. The lowest BCUT2D eigenvalue weighted by atomic mass is 10.2. The smallest absolute Gasteiger partial charge is 0.208 e. The third kappa shape index (κ3) is 4.31. The molecule has 23 heavy (non-hydrogen) atoms. The van der Waals surface area contributed by atoms with Crippen molar-refractivity contribution in [1.82, 2.24) is 14.3 Å². The Labute approximate surface area is 152 Å². The number of anilines is 2. The monoisotopic (exact) mass is 406 g/mol. The van der Waals surface area contributed by atoms with Gasteiger partial charge < -0.3 is 5.32 Å². The van der Waals surface area contributed by atoms with E-state index in [0.29, 0.717) is 5.92 Å². The Morgan fingerprint density at radius 3 is 2.70 bits per heavy atom. The van der Waals surface area contributed by atoms with Gasteiger partial charge in [0.2, 0.25) is 5.13 Å². The van der Waals surface area contributed by atoms with Crippen molar-refractivity contribution in [3.05, 3.63) is 52.9 Å². The summed E-state index contributed by atoms with van der Waals surface area (Å²) < 4.78 is 5.31. The van der Waals surface area contributed by atoms with Crippen molar-refractivity contribution < 1.29 is 0 Å². The molecular weight excluding hydrogens is 392 g/mol. The Morgan fingerprint density at radius 2 is 2.00 bits per heavy atom. The van der Waals surface area contributed by atoms with Gasteiger partial charge in [-0.2, -0.15) is 4.37 Å². The highest BCUT2D eigenvalue weighted by Gasteiger charge is 2.12. The fraction of sp³-hybridized carbons (Fsp3) is 0.188. The number of rotatable bonds is 5. The molecular formula is C16H15BrN4S2. The Kier molecular flexibility index (Phi) is 5.30. The van der Waals surface area contributed by atoms with Gasteiger partial charge >= 0.3 is 0 Å². The normalized spacial score (nSPS) is 11.0. The number of halogens is 1. The minimum absolute atomic E-state index is 0.317. The zero-order valence-corrected chi connectivity index (χ0v) is 15.9. The number of nitrogens with zero attached hydrogens (tertiary/aromatic N) is 3. The molecule has 0 aliphatic carbocycles. The molecule has 0 fully saturated rings. The molecule has 1 N–H and O–H groups in total. The Hall–Kier alpha value is -1.44. The van der Waals surface area contributed by atoms with E-state index in [1.54, 1.807) is 18.0 Å². The highest BCUT2D eigenvalue weighted by molar-refractivity contribution is 9.10. The number of hydrogen-bond donors (Lipinski definition) is 1. The van der Waals surface area contributed by atoms with Crippen LogP contribution < -0.4 is 5.32 Å². The van der Waals surface area contributed by atoms with Crippen molar-refractivity contribution in [1.29, 1.82) is 0 Å². The van der Waals surface area contributed by atoms with Crippen LogP contribution in [0.3, 0.4) is 0 Å². The lowest BCUT2D eigenvalue weighted by molar-refractivity contribution is 0.800. The van der Waals surface area contributed by atoms with Crippen LogP contribution in [0.25, 0.3) is 0 Å². The molecule has 3 rings (SSSR count). The molecule has 0 unspecified atom stereocenters. The fourth-order valence-electron chi connectivity index (χ4n) is 1.83. The second kappa shape index (κ2) is 7.42. The third-order valence-corrected chi connectivity index (χ3v) is 5.09. The predicted molar refractivity (Wildman–Crippen MR) is 99.8 cm³/mol. The van der Waals surface area contributed by atoms with E-state index in [1.165, 1.54) is 11.5 Å². The van der Waals surface area contributed by atoms with Crippen LogP contribution in [-0.4, -0.2) is 14.3 Å². The van der Waals surface area contributed by atoms with E-state index in [9.17, 15) is 0 Å². The minimum Gasteiger partial charge on any atom is -0.314 e. The van der Waals surface area contributed by atoms with Crippen LogP contribution in [0, 0.1) is 0 Å². The standard InChI is InChI=1S/C16H15BrN4S2/c1-10(2)14-19-16(23-21-14)20-15-13(8-11(17)9-18-15)22-12-6-4-3-5-7-12/h3-10H,1-2H3,(H,18,19,20,21). The number of hydrogen-bond acceptors (Lipinski definition) is 6. The van der Waals surface area contributed by atoms with Crippen molar-refractivity contribution in [2.24, 2.45) is 0 Å². The summed E-state index contributed by atoms with van der Waals surface area (Å²) in [6.45, 7) is 4.17. The zero-order chi connectivity index (χ0) is 16.2. The lowest BCUT2D eigenvalue weighted by Crippen LogP contribution is -1.96. The molecule has 2 aromatic heterocycles. The lowest BCUT2D eigenvalue weighted by Gasteiger charge is -2.09. The van der Waals surface area contributed by atoms with Gasteiger partial charge in [0, 0.05) is 33.0 Å². The Morgan fingerprint density at radius 1 is 1.22 bits per heavy atom.